The summed E-state index contributed by atoms with van der Waals surface area (Å²) in [6, 6.07) is 8.30. The Morgan fingerprint density at radius 1 is 1.21 bits per heavy atom. The predicted octanol–water partition coefficient (Wildman–Crippen LogP) is 4.13. The van der Waals surface area contributed by atoms with Crippen LogP contribution in [0.3, 0.4) is 0 Å². The van der Waals surface area contributed by atoms with Crippen LogP contribution in [0.15, 0.2) is 23.1 Å². The Morgan fingerprint density at radius 2 is 1.89 bits per heavy atom. The minimum atomic E-state index is -0.915. The van der Waals surface area contributed by atoms with E-state index < -0.39 is 10.8 Å². The maximum absolute atomic E-state index is 12.1. The molecule has 2 nitrogen and oxygen atoms in total. The summed E-state index contributed by atoms with van der Waals surface area (Å²) in [5.41, 5.74) is 2.16. The van der Waals surface area contributed by atoms with E-state index in [2.05, 4.69) is 13.0 Å². The van der Waals surface area contributed by atoms with Crippen LogP contribution in [-0.4, -0.2) is 9.96 Å². The lowest BCUT2D eigenvalue weighted by Crippen LogP contribution is -2.08. The maximum atomic E-state index is 12.1. The van der Waals surface area contributed by atoms with Gasteiger partial charge in [-0.2, -0.15) is 5.26 Å². The van der Waals surface area contributed by atoms with E-state index in [1.165, 1.54) is 11.1 Å². The summed E-state index contributed by atoms with van der Waals surface area (Å²) in [5.74, 6) is 0.685. The highest BCUT2D eigenvalue weighted by atomic mass is 32.2. The molecule has 19 heavy (non-hydrogen) atoms. The van der Waals surface area contributed by atoms with Crippen LogP contribution >= 0.6 is 0 Å². The fraction of sp³-hybridized carbons (Fsp3) is 0.562. The Hall–Kier alpha value is -1.14. The second-order valence-corrected chi connectivity index (χ2v) is 7.32. The molecule has 0 N–H and O–H groups in total. The van der Waals surface area contributed by atoms with Gasteiger partial charge in [-0.3, -0.25) is 4.21 Å². The van der Waals surface area contributed by atoms with E-state index in [9.17, 15) is 4.21 Å². The molecule has 1 unspecified atom stereocenters. The molecule has 0 spiro atoms. The van der Waals surface area contributed by atoms with E-state index in [-0.39, 0.29) is 5.41 Å². The van der Waals surface area contributed by atoms with Crippen molar-refractivity contribution in [2.75, 3.05) is 5.75 Å². The zero-order valence-corrected chi connectivity index (χ0v) is 13.1. The van der Waals surface area contributed by atoms with Crippen molar-refractivity contribution in [3.8, 4) is 6.07 Å². The quantitative estimate of drug-likeness (QED) is 0.733. The highest BCUT2D eigenvalue weighted by Gasteiger charge is 2.15. The summed E-state index contributed by atoms with van der Waals surface area (Å²) in [5, 5.41) is 8.93. The predicted molar refractivity (Wildman–Crippen MR) is 80.4 cm³/mol. The fourth-order valence-electron chi connectivity index (χ4n) is 1.83. The summed E-state index contributed by atoms with van der Waals surface area (Å²) in [6.07, 6.45) is 2.73. The van der Waals surface area contributed by atoms with Gasteiger partial charge in [0, 0.05) is 10.6 Å². The summed E-state index contributed by atoms with van der Waals surface area (Å²) in [6.45, 7) is 8.01. The van der Waals surface area contributed by atoms with Crippen molar-refractivity contribution in [1.82, 2.24) is 0 Å². The highest BCUT2D eigenvalue weighted by Crippen LogP contribution is 2.22. The first kappa shape index (κ1) is 15.9. The molecular weight excluding hydrogens is 254 g/mol. The monoisotopic (exact) mass is 277 g/mol. The molecule has 1 rings (SSSR count). The van der Waals surface area contributed by atoms with Gasteiger partial charge in [0.25, 0.3) is 0 Å². The number of unbranched alkanes of at least 4 members (excludes halogenated alkanes) is 1. The number of nitrogens with zero attached hydrogens (tertiary/aromatic N) is 1. The molecule has 0 saturated carbocycles. The van der Waals surface area contributed by atoms with Gasteiger partial charge in [0.05, 0.1) is 22.3 Å². The topological polar surface area (TPSA) is 40.9 Å². The first-order chi connectivity index (χ1) is 8.85. The smallest absolute Gasteiger partial charge is 0.0683 e. The second-order valence-electron chi connectivity index (χ2n) is 5.75. The van der Waals surface area contributed by atoms with Crippen LogP contribution < -0.4 is 0 Å². The van der Waals surface area contributed by atoms with Gasteiger partial charge >= 0.3 is 0 Å². The van der Waals surface area contributed by atoms with Crippen molar-refractivity contribution in [3.63, 3.8) is 0 Å². The molecule has 0 radical (unpaired) electrons. The van der Waals surface area contributed by atoms with Crippen LogP contribution in [-0.2, 0) is 10.8 Å². The van der Waals surface area contributed by atoms with Crippen LogP contribution in [0.1, 0.15) is 44.2 Å². The van der Waals surface area contributed by atoms with Gasteiger partial charge < -0.3 is 0 Å². The van der Waals surface area contributed by atoms with E-state index in [0.717, 1.165) is 24.2 Å². The Bertz CT molecular complexity index is 500. The van der Waals surface area contributed by atoms with E-state index in [0.29, 0.717) is 5.75 Å². The summed E-state index contributed by atoms with van der Waals surface area (Å²) >= 11 is 0. The molecule has 0 aliphatic heterocycles. The molecular formula is C16H23NOS. The van der Waals surface area contributed by atoms with Crippen molar-refractivity contribution in [2.45, 2.75) is 51.9 Å². The molecule has 3 heteroatoms. The van der Waals surface area contributed by atoms with Crippen molar-refractivity contribution in [1.29, 1.82) is 5.26 Å². The first-order valence-corrected chi connectivity index (χ1v) is 8.04. The van der Waals surface area contributed by atoms with Gasteiger partial charge in [-0.1, -0.05) is 12.5 Å². The van der Waals surface area contributed by atoms with Gasteiger partial charge in [0.2, 0.25) is 0 Å². The molecule has 0 bridgehead atoms. The molecule has 1 aromatic carbocycles. The lowest BCUT2D eigenvalue weighted by atomic mass is 9.89. The number of hydrogen-bond acceptors (Lipinski definition) is 2. The third-order valence-corrected chi connectivity index (χ3v) is 4.86. The number of rotatable bonds is 6. The van der Waals surface area contributed by atoms with Crippen LogP contribution in [0.2, 0.25) is 0 Å². The largest absolute Gasteiger partial charge is 0.254 e. The summed E-state index contributed by atoms with van der Waals surface area (Å²) in [4.78, 5) is 0.919. The second kappa shape index (κ2) is 6.86. The van der Waals surface area contributed by atoms with Crippen molar-refractivity contribution >= 4 is 10.8 Å². The molecule has 0 aliphatic rings. The molecule has 104 valence electrons. The normalized spacial score (nSPS) is 13.0. The number of hydrogen-bond donors (Lipinski definition) is 0. The molecule has 0 aliphatic carbocycles. The van der Waals surface area contributed by atoms with E-state index in [4.69, 9.17) is 5.26 Å². The van der Waals surface area contributed by atoms with E-state index in [1.54, 1.807) is 0 Å². The van der Waals surface area contributed by atoms with Crippen molar-refractivity contribution in [2.24, 2.45) is 5.41 Å². The molecule has 0 amide bonds. The minimum absolute atomic E-state index is 0.262. The standard InChI is InChI=1S/C16H23NOS/c1-13-7-8-15(11-14(13)2)19(18)10-6-5-9-16(3,4)12-17/h7-8,11H,5-6,9-10H2,1-4H3. The van der Waals surface area contributed by atoms with E-state index in [1.807, 2.05) is 39.0 Å². The van der Waals surface area contributed by atoms with Gasteiger partial charge in [0.1, 0.15) is 0 Å². The van der Waals surface area contributed by atoms with Crippen LogP contribution in [0.5, 0.6) is 0 Å². The highest BCUT2D eigenvalue weighted by molar-refractivity contribution is 7.85. The number of benzene rings is 1. The van der Waals surface area contributed by atoms with Crippen LogP contribution in [0.4, 0.5) is 0 Å². The van der Waals surface area contributed by atoms with Crippen LogP contribution in [0, 0.1) is 30.6 Å². The maximum Gasteiger partial charge on any atom is 0.0683 e. The lowest BCUT2D eigenvalue weighted by Gasteiger charge is -2.14. The van der Waals surface area contributed by atoms with Crippen LogP contribution in [0.25, 0.3) is 0 Å². The average Bonchev–Trinajstić information content (AvgIpc) is 2.37. The van der Waals surface area contributed by atoms with Gasteiger partial charge in [-0.25, -0.2) is 0 Å². The first-order valence-electron chi connectivity index (χ1n) is 6.72. The Labute approximate surface area is 119 Å². The summed E-state index contributed by atoms with van der Waals surface area (Å²) < 4.78 is 12.1. The van der Waals surface area contributed by atoms with Gasteiger partial charge in [0.15, 0.2) is 0 Å². The minimum Gasteiger partial charge on any atom is -0.254 e. The van der Waals surface area contributed by atoms with Gasteiger partial charge in [-0.05, 0) is 63.8 Å². The van der Waals surface area contributed by atoms with Crippen molar-refractivity contribution in [3.05, 3.63) is 29.3 Å². The Kier molecular flexibility index (Phi) is 5.75. The summed E-state index contributed by atoms with van der Waals surface area (Å²) in [7, 11) is -0.915. The molecule has 0 aromatic heterocycles. The third kappa shape index (κ3) is 5.16. The average molecular weight is 277 g/mol. The lowest BCUT2D eigenvalue weighted by molar-refractivity contribution is 0.432. The molecule has 1 aromatic rings. The zero-order valence-electron chi connectivity index (χ0n) is 12.3. The molecule has 0 fully saturated rings. The number of nitriles is 1. The Morgan fingerprint density at radius 3 is 2.47 bits per heavy atom. The Balaban J connectivity index is 2.44. The van der Waals surface area contributed by atoms with Gasteiger partial charge in [-0.15, -0.1) is 0 Å². The van der Waals surface area contributed by atoms with Crippen molar-refractivity contribution < 1.29 is 4.21 Å². The van der Waals surface area contributed by atoms with E-state index >= 15 is 0 Å². The molecule has 0 saturated heterocycles. The molecule has 0 heterocycles. The zero-order chi connectivity index (χ0) is 14.5. The SMILES string of the molecule is Cc1ccc(S(=O)CCCCC(C)(C)C#N)cc1C. The number of aryl methyl sites for hydroxylation is 2. The molecule has 1 atom stereocenters. The fourth-order valence-corrected chi connectivity index (χ4v) is 3.06. The third-order valence-electron chi connectivity index (χ3n) is 3.43.